The number of likely N-dealkylation sites (N-methyl/N-ethyl adjacent to an activating group) is 1. The molecule has 1 aromatic heterocycles. The summed E-state index contributed by atoms with van der Waals surface area (Å²) in [6.07, 6.45) is -9.17. The number of hydrogen-bond acceptors (Lipinski definition) is 5. The van der Waals surface area contributed by atoms with Gasteiger partial charge in [-0.25, -0.2) is 4.98 Å². The summed E-state index contributed by atoms with van der Waals surface area (Å²) in [5.41, 5.74) is -4.14. The van der Waals surface area contributed by atoms with Gasteiger partial charge < -0.3 is 20.0 Å². The number of β-amino-alcohol motifs (C(OH)–C–C–N with tert-alkyl or cyclic N) is 1. The van der Waals surface area contributed by atoms with Gasteiger partial charge in [-0.15, -0.1) is 0 Å². The number of carbonyl (C=O) groups is 1. The van der Waals surface area contributed by atoms with E-state index >= 15 is 0 Å². The van der Waals surface area contributed by atoms with Crippen molar-refractivity contribution in [3.63, 3.8) is 0 Å². The lowest BCUT2D eigenvalue weighted by Crippen LogP contribution is -2.42. The highest BCUT2D eigenvalue weighted by Gasteiger charge is 2.41. The van der Waals surface area contributed by atoms with Crippen LogP contribution in [0, 0.1) is 0 Å². The van der Waals surface area contributed by atoms with Crippen LogP contribution < -0.4 is 9.80 Å². The number of alkyl halides is 6. The molecule has 226 valence electrons. The van der Waals surface area contributed by atoms with Crippen molar-refractivity contribution < 1.29 is 41.4 Å². The highest BCUT2D eigenvalue weighted by Crippen LogP contribution is 2.41. The zero-order chi connectivity index (χ0) is 31.2. The number of nitrogens with zero attached hydrogens (tertiary/aromatic N) is 3. The minimum atomic E-state index is -5.07. The molecule has 1 saturated heterocycles. The van der Waals surface area contributed by atoms with Crippen LogP contribution in [0.4, 0.5) is 37.8 Å². The lowest BCUT2D eigenvalue weighted by atomic mass is 9.81. The van der Waals surface area contributed by atoms with Gasteiger partial charge in [0.05, 0.1) is 47.2 Å². The molecule has 0 radical (unpaired) electrons. The zero-order valence-corrected chi connectivity index (χ0v) is 23.5. The summed E-state index contributed by atoms with van der Waals surface area (Å²) < 4.78 is 81.3. The van der Waals surface area contributed by atoms with Gasteiger partial charge in [0.25, 0.3) is 0 Å². The number of amides is 1. The molecule has 4 rings (SSSR count). The smallest absolute Gasteiger partial charge is 0.394 e. The van der Waals surface area contributed by atoms with E-state index in [0.29, 0.717) is 40.5 Å². The molecule has 1 amide bonds. The van der Waals surface area contributed by atoms with Gasteiger partial charge in [0.2, 0.25) is 5.91 Å². The fraction of sp³-hybridized carbons (Fsp3) is 0.379. The molecule has 2 atom stereocenters. The van der Waals surface area contributed by atoms with E-state index in [1.807, 2.05) is 0 Å². The third-order valence-corrected chi connectivity index (χ3v) is 7.65. The Morgan fingerprint density at radius 3 is 2.17 bits per heavy atom. The average molecular weight is 616 g/mol. The molecule has 1 aliphatic heterocycles. The van der Waals surface area contributed by atoms with Crippen molar-refractivity contribution in [3.8, 4) is 11.1 Å². The van der Waals surface area contributed by atoms with E-state index in [0.717, 1.165) is 4.90 Å². The van der Waals surface area contributed by atoms with Crippen LogP contribution in [0.2, 0.25) is 5.02 Å². The SMILES string of the molecule is CN(C(=O)C(C)(C)c1cc(C(F)(F)F)cc(C(F)(F)F)c1)c1cnc(N2CC(O)CC2CO)cc1-c1cccc(Cl)c1. The van der Waals surface area contributed by atoms with Crippen LogP contribution in [0.25, 0.3) is 11.1 Å². The van der Waals surface area contributed by atoms with Gasteiger partial charge >= 0.3 is 12.4 Å². The van der Waals surface area contributed by atoms with E-state index in [1.54, 1.807) is 35.2 Å². The Morgan fingerprint density at radius 2 is 1.62 bits per heavy atom. The molecule has 6 nitrogen and oxygen atoms in total. The lowest BCUT2D eigenvalue weighted by Gasteiger charge is -2.32. The first kappa shape index (κ1) is 31.6. The average Bonchev–Trinajstić information content (AvgIpc) is 3.31. The molecule has 2 unspecified atom stereocenters. The van der Waals surface area contributed by atoms with Gasteiger partial charge in [-0.3, -0.25) is 4.79 Å². The second-order valence-corrected chi connectivity index (χ2v) is 11.2. The Hall–Kier alpha value is -3.35. The van der Waals surface area contributed by atoms with Gasteiger partial charge in [-0.2, -0.15) is 26.3 Å². The molecular weight excluding hydrogens is 588 g/mol. The number of carbonyl (C=O) groups excluding carboxylic acids is 1. The number of aliphatic hydroxyl groups excluding tert-OH is 2. The van der Waals surface area contributed by atoms with Crippen LogP contribution in [-0.2, 0) is 22.6 Å². The maximum absolute atomic E-state index is 13.9. The number of anilines is 2. The van der Waals surface area contributed by atoms with Crippen molar-refractivity contribution in [2.24, 2.45) is 0 Å². The normalized spacial score (nSPS) is 18.0. The Kier molecular flexibility index (Phi) is 8.56. The van der Waals surface area contributed by atoms with Gasteiger partial charge in [-0.1, -0.05) is 23.7 Å². The molecule has 2 N–H and O–H groups in total. The number of rotatable bonds is 6. The summed E-state index contributed by atoms with van der Waals surface area (Å²) in [6.45, 7) is 2.46. The van der Waals surface area contributed by atoms with E-state index in [9.17, 15) is 41.4 Å². The van der Waals surface area contributed by atoms with Crippen LogP contribution in [0.3, 0.4) is 0 Å². The van der Waals surface area contributed by atoms with Gasteiger partial charge in [0.15, 0.2) is 0 Å². The molecule has 3 aromatic rings. The number of halogens is 7. The molecule has 0 aliphatic carbocycles. The summed E-state index contributed by atoms with van der Waals surface area (Å²) in [5, 5.41) is 20.3. The van der Waals surface area contributed by atoms with E-state index in [1.165, 1.54) is 27.1 Å². The predicted molar refractivity (Wildman–Crippen MR) is 146 cm³/mol. The Bertz CT molecular complexity index is 1450. The Labute approximate surface area is 243 Å². The first-order valence-corrected chi connectivity index (χ1v) is 13.2. The summed E-state index contributed by atoms with van der Waals surface area (Å²) in [6, 6.07) is 8.98. The standard InChI is InChI=1S/C29H28ClF6N3O3/c1-27(2,17-8-18(28(31,32)33)10-19(9-17)29(34,35)36)26(42)38(3)24-13-37-25(39-14-22(41)11-21(39)15-40)12-23(24)16-5-4-6-20(30)7-16/h4-10,12-13,21-22,40-41H,11,14-15H2,1-3H3. The molecule has 13 heteroatoms. The number of aromatic nitrogens is 1. The first-order chi connectivity index (χ1) is 19.4. The summed E-state index contributed by atoms with van der Waals surface area (Å²) in [4.78, 5) is 21.1. The molecular formula is C29H28ClF6N3O3. The minimum absolute atomic E-state index is 0.0165. The van der Waals surface area contributed by atoms with E-state index in [2.05, 4.69) is 4.98 Å². The quantitative estimate of drug-likeness (QED) is 0.318. The number of hydrogen-bond donors (Lipinski definition) is 2. The largest absolute Gasteiger partial charge is 0.416 e. The van der Waals surface area contributed by atoms with Crippen LogP contribution in [-0.4, -0.2) is 53.4 Å². The van der Waals surface area contributed by atoms with E-state index < -0.39 is 52.5 Å². The molecule has 42 heavy (non-hydrogen) atoms. The lowest BCUT2D eigenvalue weighted by molar-refractivity contribution is -0.143. The molecule has 2 heterocycles. The van der Waals surface area contributed by atoms with Gasteiger partial charge in [0, 0.05) is 24.2 Å². The molecule has 0 saturated carbocycles. The number of benzene rings is 2. The van der Waals surface area contributed by atoms with Crippen molar-refractivity contribution in [1.29, 1.82) is 0 Å². The third-order valence-electron chi connectivity index (χ3n) is 7.41. The topological polar surface area (TPSA) is 76.9 Å². The number of pyridine rings is 1. The fourth-order valence-corrected chi connectivity index (χ4v) is 5.25. The van der Waals surface area contributed by atoms with E-state index in [4.69, 9.17) is 11.6 Å². The molecule has 1 fully saturated rings. The van der Waals surface area contributed by atoms with Crippen molar-refractivity contribution in [1.82, 2.24) is 4.98 Å². The van der Waals surface area contributed by atoms with Gasteiger partial charge in [-0.05, 0) is 67.8 Å². The molecule has 0 bridgehead atoms. The molecule has 0 spiro atoms. The predicted octanol–water partition coefficient (Wildman–Crippen LogP) is 6.31. The van der Waals surface area contributed by atoms with Crippen LogP contribution in [0.5, 0.6) is 0 Å². The highest BCUT2D eigenvalue weighted by molar-refractivity contribution is 6.30. The van der Waals surface area contributed by atoms with Crippen molar-refractivity contribution in [3.05, 3.63) is 76.4 Å². The van der Waals surface area contributed by atoms with Crippen LogP contribution in [0.15, 0.2) is 54.7 Å². The minimum Gasteiger partial charge on any atom is -0.394 e. The van der Waals surface area contributed by atoms with E-state index in [-0.39, 0.29) is 24.9 Å². The summed E-state index contributed by atoms with van der Waals surface area (Å²) in [7, 11) is 1.35. The van der Waals surface area contributed by atoms with Crippen LogP contribution >= 0.6 is 11.6 Å². The highest BCUT2D eigenvalue weighted by atomic mass is 35.5. The first-order valence-electron chi connectivity index (χ1n) is 12.8. The Balaban J connectivity index is 1.81. The Morgan fingerprint density at radius 1 is 1.02 bits per heavy atom. The van der Waals surface area contributed by atoms with Crippen molar-refractivity contribution in [2.45, 2.75) is 50.2 Å². The summed E-state index contributed by atoms with van der Waals surface area (Å²) in [5.74, 6) is -0.408. The number of aliphatic hydroxyl groups is 2. The third kappa shape index (κ3) is 6.35. The second kappa shape index (κ2) is 11.4. The van der Waals surface area contributed by atoms with Crippen LogP contribution in [0.1, 0.15) is 37.0 Å². The fourth-order valence-electron chi connectivity index (χ4n) is 5.06. The van der Waals surface area contributed by atoms with Gasteiger partial charge in [0.1, 0.15) is 5.82 Å². The molecule has 1 aliphatic rings. The second-order valence-electron chi connectivity index (χ2n) is 10.7. The summed E-state index contributed by atoms with van der Waals surface area (Å²) >= 11 is 6.22. The molecule has 2 aromatic carbocycles. The maximum atomic E-state index is 13.9. The zero-order valence-electron chi connectivity index (χ0n) is 22.8. The monoisotopic (exact) mass is 615 g/mol. The van der Waals surface area contributed by atoms with Crippen molar-refractivity contribution in [2.75, 3.05) is 30.0 Å². The van der Waals surface area contributed by atoms with Crippen molar-refractivity contribution >= 4 is 29.0 Å². The maximum Gasteiger partial charge on any atom is 0.416 e.